The van der Waals surface area contributed by atoms with Crippen molar-refractivity contribution in [3.05, 3.63) is 65.5 Å². The zero-order valence-corrected chi connectivity index (χ0v) is 17.3. The van der Waals surface area contributed by atoms with Gasteiger partial charge in [0, 0.05) is 10.6 Å². The molecule has 0 radical (unpaired) electrons. The van der Waals surface area contributed by atoms with Crippen molar-refractivity contribution in [1.29, 1.82) is 0 Å². The van der Waals surface area contributed by atoms with Crippen molar-refractivity contribution < 1.29 is 22.7 Å². The largest absolute Gasteiger partial charge is 0.494 e. The van der Waals surface area contributed by atoms with Crippen LogP contribution in [0.15, 0.2) is 64.9 Å². The Kier molecular flexibility index (Phi) is 6.53. The van der Waals surface area contributed by atoms with E-state index in [-0.39, 0.29) is 16.5 Å². The van der Waals surface area contributed by atoms with Crippen molar-refractivity contribution in [2.45, 2.75) is 17.6 Å². The van der Waals surface area contributed by atoms with Gasteiger partial charge in [0.05, 0.1) is 13.0 Å². The maximum absolute atomic E-state index is 12.2. The first-order valence-electron chi connectivity index (χ1n) is 8.75. The van der Waals surface area contributed by atoms with Crippen molar-refractivity contribution in [2.75, 3.05) is 11.9 Å². The van der Waals surface area contributed by atoms with Gasteiger partial charge in [-0.1, -0.05) is 0 Å². The third-order valence-electron chi connectivity index (χ3n) is 3.76. The fraction of sp³-hybridized carbons (Fsp3) is 0.150. The van der Waals surface area contributed by atoms with Gasteiger partial charge in [-0.2, -0.15) is 0 Å². The number of hydrogen-bond donors (Lipinski definition) is 2. The average molecular weight is 433 g/mol. The molecule has 7 nitrogen and oxygen atoms in total. The highest BCUT2D eigenvalue weighted by Crippen LogP contribution is 2.25. The van der Waals surface area contributed by atoms with Crippen molar-refractivity contribution >= 4 is 33.0 Å². The van der Waals surface area contributed by atoms with Gasteiger partial charge in [-0.15, -0.1) is 11.3 Å². The quantitative estimate of drug-likeness (QED) is 0.563. The summed E-state index contributed by atoms with van der Waals surface area (Å²) in [6.07, 6.45) is 0.0601. The molecular formula is C20H20N2O5S2. The molecule has 1 heterocycles. The Labute approximate surface area is 173 Å². The van der Waals surface area contributed by atoms with Gasteiger partial charge in [-0.3, -0.25) is 4.79 Å². The van der Waals surface area contributed by atoms with Gasteiger partial charge >= 0.3 is 0 Å². The highest BCUT2D eigenvalue weighted by molar-refractivity contribution is 7.91. The summed E-state index contributed by atoms with van der Waals surface area (Å²) in [4.78, 5) is 12.8. The normalized spacial score (nSPS) is 11.1. The van der Waals surface area contributed by atoms with E-state index in [2.05, 4.69) is 5.32 Å². The number of carbonyl (C=O) groups excluding carboxylic acids is 1. The number of nitrogens with two attached hydrogens (primary N) is 1. The SMILES string of the molecule is CCOc1ccc(Oc2ccc(NC(=O)Cc3ccc(S(N)(=O)=O)s3)cc2)cc1. The summed E-state index contributed by atoms with van der Waals surface area (Å²) < 4.78 is 33.8. The standard InChI is InChI=1S/C20H20N2O5S2/c1-2-26-15-7-9-17(10-8-15)27-16-5-3-14(4-6-16)22-19(23)13-18-11-12-20(28-18)29(21,24)25/h3-12H,2,13H2,1H3,(H,22,23)(H2,21,24,25). The minimum Gasteiger partial charge on any atom is -0.494 e. The van der Waals surface area contributed by atoms with Crippen LogP contribution in [-0.2, 0) is 21.2 Å². The van der Waals surface area contributed by atoms with Crippen molar-refractivity contribution in [3.63, 3.8) is 0 Å². The molecule has 0 unspecified atom stereocenters. The number of amides is 1. The predicted octanol–water partition coefficient (Wildman–Crippen LogP) is 3.77. The van der Waals surface area contributed by atoms with Gasteiger partial charge < -0.3 is 14.8 Å². The maximum atomic E-state index is 12.2. The lowest BCUT2D eigenvalue weighted by Gasteiger charge is -2.09. The summed E-state index contributed by atoms with van der Waals surface area (Å²) in [5, 5.41) is 7.84. The number of rotatable bonds is 8. The van der Waals surface area contributed by atoms with Crippen LogP contribution in [-0.4, -0.2) is 20.9 Å². The van der Waals surface area contributed by atoms with E-state index in [1.165, 1.54) is 6.07 Å². The van der Waals surface area contributed by atoms with Crippen molar-refractivity contribution in [3.8, 4) is 17.2 Å². The smallest absolute Gasteiger partial charge is 0.247 e. The zero-order valence-electron chi connectivity index (χ0n) is 15.6. The van der Waals surface area contributed by atoms with Crippen LogP contribution < -0.4 is 19.9 Å². The second kappa shape index (κ2) is 9.08. The van der Waals surface area contributed by atoms with Gasteiger partial charge in [-0.05, 0) is 67.6 Å². The van der Waals surface area contributed by atoms with Gasteiger partial charge in [0.1, 0.15) is 21.5 Å². The molecule has 3 rings (SSSR count). The van der Waals surface area contributed by atoms with Gasteiger partial charge in [-0.25, -0.2) is 13.6 Å². The van der Waals surface area contributed by atoms with Crippen LogP contribution in [0, 0.1) is 0 Å². The Bertz CT molecular complexity index is 1070. The molecule has 0 fully saturated rings. The van der Waals surface area contributed by atoms with E-state index in [0.29, 0.717) is 28.7 Å². The number of ether oxygens (including phenoxy) is 2. The van der Waals surface area contributed by atoms with Crippen LogP contribution in [0.4, 0.5) is 5.69 Å². The molecule has 9 heteroatoms. The molecule has 3 aromatic rings. The minimum atomic E-state index is -3.75. The summed E-state index contributed by atoms with van der Waals surface area (Å²) in [7, 11) is -3.75. The molecule has 0 atom stereocenters. The Hall–Kier alpha value is -2.88. The van der Waals surface area contributed by atoms with Gasteiger partial charge in [0.25, 0.3) is 0 Å². The molecule has 3 N–H and O–H groups in total. The van der Waals surface area contributed by atoms with E-state index >= 15 is 0 Å². The summed E-state index contributed by atoms with van der Waals surface area (Å²) in [6.45, 7) is 2.53. The highest BCUT2D eigenvalue weighted by atomic mass is 32.2. The monoisotopic (exact) mass is 432 g/mol. The van der Waals surface area contributed by atoms with Crippen molar-refractivity contribution in [2.24, 2.45) is 5.14 Å². The molecule has 2 aromatic carbocycles. The maximum Gasteiger partial charge on any atom is 0.247 e. The summed E-state index contributed by atoms with van der Waals surface area (Å²) in [6, 6.07) is 17.2. The fourth-order valence-electron chi connectivity index (χ4n) is 2.48. The van der Waals surface area contributed by atoms with E-state index in [9.17, 15) is 13.2 Å². The number of carbonyl (C=O) groups is 1. The predicted molar refractivity (Wildman–Crippen MR) is 112 cm³/mol. The summed E-state index contributed by atoms with van der Waals surface area (Å²) in [5.74, 6) is 1.82. The molecule has 0 saturated heterocycles. The molecule has 0 aliphatic rings. The molecule has 0 bridgehead atoms. The lowest BCUT2D eigenvalue weighted by Crippen LogP contribution is -2.13. The number of primary sulfonamides is 1. The zero-order chi connectivity index (χ0) is 20.9. The third kappa shape index (κ3) is 6.05. The Morgan fingerprint density at radius 3 is 2.10 bits per heavy atom. The third-order valence-corrected chi connectivity index (χ3v) is 6.28. The van der Waals surface area contributed by atoms with Gasteiger partial charge in [0.2, 0.25) is 15.9 Å². The molecule has 152 valence electrons. The molecule has 1 amide bonds. The van der Waals surface area contributed by atoms with E-state index in [4.69, 9.17) is 14.6 Å². The molecular weight excluding hydrogens is 412 g/mol. The number of nitrogens with one attached hydrogen (secondary N) is 1. The topological polar surface area (TPSA) is 108 Å². The van der Waals surface area contributed by atoms with E-state index in [1.807, 2.05) is 31.2 Å². The number of sulfonamides is 1. The summed E-state index contributed by atoms with van der Waals surface area (Å²) >= 11 is 0.984. The number of hydrogen-bond acceptors (Lipinski definition) is 6. The Morgan fingerprint density at radius 2 is 1.55 bits per heavy atom. The molecule has 0 aliphatic heterocycles. The molecule has 0 spiro atoms. The van der Waals surface area contributed by atoms with Crippen LogP contribution in [0.2, 0.25) is 0 Å². The minimum absolute atomic E-state index is 0.0380. The first-order chi connectivity index (χ1) is 13.8. The van der Waals surface area contributed by atoms with E-state index in [1.54, 1.807) is 30.3 Å². The number of benzene rings is 2. The molecule has 29 heavy (non-hydrogen) atoms. The second-order valence-corrected chi connectivity index (χ2v) is 8.98. The first-order valence-corrected chi connectivity index (χ1v) is 11.1. The summed E-state index contributed by atoms with van der Waals surface area (Å²) in [5.41, 5.74) is 0.609. The molecule has 0 saturated carbocycles. The van der Waals surface area contributed by atoms with Crippen LogP contribution in [0.5, 0.6) is 17.2 Å². The van der Waals surface area contributed by atoms with Crippen LogP contribution in [0.3, 0.4) is 0 Å². The van der Waals surface area contributed by atoms with Crippen molar-refractivity contribution in [1.82, 2.24) is 0 Å². The lowest BCUT2D eigenvalue weighted by atomic mass is 10.2. The van der Waals surface area contributed by atoms with E-state index < -0.39 is 10.0 Å². The van der Waals surface area contributed by atoms with Crippen LogP contribution in [0.1, 0.15) is 11.8 Å². The molecule has 0 aliphatic carbocycles. The number of thiophene rings is 1. The molecule has 1 aromatic heterocycles. The van der Waals surface area contributed by atoms with E-state index in [0.717, 1.165) is 17.1 Å². The Balaban J connectivity index is 1.55. The van der Waals surface area contributed by atoms with Gasteiger partial charge in [0.15, 0.2) is 0 Å². The average Bonchev–Trinajstić information content (AvgIpc) is 3.14. The van der Waals surface area contributed by atoms with Crippen LogP contribution >= 0.6 is 11.3 Å². The Morgan fingerprint density at radius 1 is 0.966 bits per heavy atom. The first kappa shape index (κ1) is 20.8. The lowest BCUT2D eigenvalue weighted by molar-refractivity contribution is -0.115. The second-order valence-electron chi connectivity index (χ2n) is 6.02. The number of anilines is 1. The van der Waals surface area contributed by atoms with Crippen LogP contribution in [0.25, 0.3) is 0 Å². The highest BCUT2D eigenvalue weighted by Gasteiger charge is 2.13. The fourth-order valence-corrected chi connectivity index (χ4v) is 4.26.